The maximum atomic E-state index is 13.2. The molecule has 5 heteroatoms. The molecule has 2 N–H and O–H groups in total. The van der Waals surface area contributed by atoms with Crippen LogP contribution in [0.3, 0.4) is 0 Å². The van der Waals surface area contributed by atoms with Crippen LogP contribution in [0.4, 0.5) is 10.1 Å². The number of halogens is 2. The van der Waals surface area contributed by atoms with Crippen LogP contribution in [-0.4, -0.2) is 11.9 Å². The Morgan fingerprint density at radius 2 is 1.48 bits per heavy atom. The summed E-state index contributed by atoms with van der Waals surface area (Å²) < 4.78 is 13.2. The smallest absolute Gasteiger partial charge is 0.241 e. The summed E-state index contributed by atoms with van der Waals surface area (Å²) in [5.41, 5.74) is 2.50. The standard InChI is InChI=1S/C22H20ClFN2O/c1-15(22(27)26-20-13-12-18(24)14-19(20)23)25-21(16-8-4-2-5-9-16)17-10-6-3-7-11-17/h2-15,21,25H,1H3,(H,26,27)/t15-/m1/s1. The van der Waals surface area contributed by atoms with Crippen molar-refractivity contribution in [2.45, 2.75) is 19.0 Å². The van der Waals surface area contributed by atoms with E-state index in [2.05, 4.69) is 10.6 Å². The van der Waals surface area contributed by atoms with Gasteiger partial charge in [0.05, 0.1) is 22.8 Å². The van der Waals surface area contributed by atoms with Crippen LogP contribution < -0.4 is 10.6 Å². The minimum atomic E-state index is -0.503. The Bertz CT molecular complexity index is 863. The summed E-state index contributed by atoms with van der Waals surface area (Å²) in [7, 11) is 0. The van der Waals surface area contributed by atoms with Gasteiger partial charge in [0.15, 0.2) is 0 Å². The number of hydrogen-bond acceptors (Lipinski definition) is 2. The first kappa shape index (κ1) is 19.1. The van der Waals surface area contributed by atoms with Gasteiger partial charge in [-0.3, -0.25) is 10.1 Å². The van der Waals surface area contributed by atoms with Crippen LogP contribution in [0.25, 0.3) is 0 Å². The van der Waals surface area contributed by atoms with E-state index >= 15 is 0 Å². The first-order chi connectivity index (χ1) is 13.0. The lowest BCUT2D eigenvalue weighted by Gasteiger charge is -2.24. The van der Waals surface area contributed by atoms with E-state index in [4.69, 9.17) is 11.6 Å². The molecule has 138 valence electrons. The Morgan fingerprint density at radius 1 is 0.926 bits per heavy atom. The Balaban J connectivity index is 1.78. The minimum Gasteiger partial charge on any atom is -0.323 e. The van der Waals surface area contributed by atoms with Gasteiger partial charge in [0.2, 0.25) is 5.91 Å². The van der Waals surface area contributed by atoms with Gasteiger partial charge in [-0.1, -0.05) is 72.3 Å². The zero-order chi connectivity index (χ0) is 19.2. The number of rotatable bonds is 6. The van der Waals surface area contributed by atoms with E-state index < -0.39 is 11.9 Å². The molecule has 0 fully saturated rings. The summed E-state index contributed by atoms with van der Waals surface area (Å²) in [6, 6.07) is 23.1. The van der Waals surface area contributed by atoms with Crippen LogP contribution in [0.1, 0.15) is 24.1 Å². The number of carbonyl (C=O) groups is 1. The molecule has 0 aliphatic carbocycles. The Morgan fingerprint density at radius 3 is 2.00 bits per heavy atom. The summed E-state index contributed by atoms with van der Waals surface area (Å²) in [4.78, 5) is 12.6. The molecule has 0 heterocycles. The fraction of sp³-hybridized carbons (Fsp3) is 0.136. The molecule has 0 radical (unpaired) electrons. The molecule has 3 rings (SSSR count). The van der Waals surface area contributed by atoms with Crippen LogP contribution in [0, 0.1) is 5.82 Å². The van der Waals surface area contributed by atoms with Gasteiger partial charge in [-0.25, -0.2) is 4.39 Å². The monoisotopic (exact) mass is 382 g/mol. The van der Waals surface area contributed by atoms with E-state index in [0.29, 0.717) is 5.69 Å². The van der Waals surface area contributed by atoms with Crippen molar-refractivity contribution in [1.82, 2.24) is 5.32 Å². The summed E-state index contributed by atoms with van der Waals surface area (Å²) in [5.74, 6) is -0.697. The van der Waals surface area contributed by atoms with Gasteiger partial charge >= 0.3 is 0 Å². The first-order valence-corrected chi connectivity index (χ1v) is 9.04. The molecule has 27 heavy (non-hydrogen) atoms. The zero-order valence-electron chi connectivity index (χ0n) is 14.8. The van der Waals surface area contributed by atoms with E-state index in [1.807, 2.05) is 60.7 Å². The van der Waals surface area contributed by atoms with Crippen molar-refractivity contribution >= 4 is 23.2 Å². The lowest BCUT2D eigenvalue weighted by atomic mass is 9.98. The van der Waals surface area contributed by atoms with Gasteiger partial charge in [0.1, 0.15) is 5.82 Å². The van der Waals surface area contributed by atoms with Crippen molar-refractivity contribution in [3.05, 3.63) is 101 Å². The molecule has 0 saturated heterocycles. The van der Waals surface area contributed by atoms with Crippen LogP contribution in [-0.2, 0) is 4.79 Å². The average Bonchev–Trinajstić information content (AvgIpc) is 2.69. The topological polar surface area (TPSA) is 41.1 Å². The lowest BCUT2D eigenvalue weighted by molar-refractivity contribution is -0.117. The molecule has 0 spiro atoms. The zero-order valence-corrected chi connectivity index (χ0v) is 15.6. The number of benzene rings is 3. The molecule has 3 aromatic rings. The maximum Gasteiger partial charge on any atom is 0.241 e. The van der Waals surface area contributed by atoms with Gasteiger partial charge in [0, 0.05) is 0 Å². The third-order valence-corrected chi connectivity index (χ3v) is 4.58. The van der Waals surface area contributed by atoms with E-state index in [0.717, 1.165) is 11.1 Å². The lowest BCUT2D eigenvalue weighted by Crippen LogP contribution is -2.40. The third-order valence-electron chi connectivity index (χ3n) is 4.26. The second kappa shape index (κ2) is 8.80. The average molecular weight is 383 g/mol. The Hall–Kier alpha value is -2.69. The van der Waals surface area contributed by atoms with Crippen molar-refractivity contribution in [1.29, 1.82) is 0 Å². The van der Waals surface area contributed by atoms with Gasteiger partial charge in [-0.05, 0) is 36.2 Å². The van der Waals surface area contributed by atoms with Crippen molar-refractivity contribution in [3.8, 4) is 0 Å². The van der Waals surface area contributed by atoms with Gasteiger partial charge in [-0.2, -0.15) is 0 Å². The molecule has 0 aliphatic rings. The predicted octanol–water partition coefficient (Wildman–Crippen LogP) is 5.19. The van der Waals surface area contributed by atoms with Crippen molar-refractivity contribution in [2.75, 3.05) is 5.32 Å². The molecular formula is C22H20ClFN2O. The van der Waals surface area contributed by atoms with Crippen molar-refractivity contribution in [2.24, 2.45) is 0 Å². The molecule has 3 aromatic carbocycles. The number of anilines is 1. The van der Waals surface area contributed by atoms with Crippen LogP contribution in [0.2, 0.25) is 5.02 Å². The third kappa shape index (κ3) is 4.94. The highest BCUT2D eigenvalue weighted by molar-refractivity contribution is 6.33. The summed E-state index contributed by atoms with van der Waals surface area (Å²) in [6.45, 7) is 1.78. The highest BCUT2D eigenvalue weighted by Gasteiger charge is 2.21. The highest BCUT2D eigenvalue weighted by atomic mass is 35.5. The van der Waals surface area contributed by atoms with Crippen LogP contribution in [0.15, 0.2) is 78.9 Å². The Labute approximate surface area is 163 Å². The number of nitrogens with one attached hydrogen (secondary N) is 2. The normalized spacial score (nSPS) is 12.0. The summed E-state index contributed by atoms with van der Waals surface area (Å²) in [5, 5.41) is 6.28. The molecule has 3 nitrogen and oxygen atoms in total. The predicted molar refractivity (Wildman–Crippen MR) is 107 cm³/mol. The van der Waals surface area contributed by atoms with Crippen molar-refractivity contribution in [3.63, 3.8) is 0 Å². The molecular weight excluding hydrogens is 363 g/mol. The Kier molecular flexibility index (Phi) is 6.22. The SMILES string of the molecule is C[C@@H](NC(c1ccccc1)c1ccccc1)C(=O)Nc1ccc(F)cc1Cl. The molecule has 0 saturated carbocycles. The van der Waals surface area contributed by atoms with Crippen LogP contribution >= 0.6 is 11.6 Å². The minimum absolute atomic E-state index is 0.142. The quantitative estimate of drug-likeness (QED) is 0.616. The molecule has 0 bridgehead atoms. The largest absolute Gasteiger partial charge is 0.323 e. The number of carbonyl (C=O) groups excluding carboxylic acids is 1. The summed E-state index contributed by atoms with van der Waals surface area (Å²) >= 11 is 6.00. The molecule has 0 unspecified atom stereocenters. The fourth-order valence-corrected chi connectivity index (χ4v) is 3.05. The molecule has 0 aromatic heterocycles. The maximum absolute atomic E-state index is 13.2. The molecule has 1 atom stereocenters. The number of hydrogen-bond donors (Lipinski definition) is 2. The van der Waals surface area contributed by atoms with E-state index in [1.165, 1.54) is 18.2 Å². The van der Waals surface area contributed by atoms with Crippen LogP contribution in [0.5, 0.6) is 0 Å². The summed E-state index contributed by atoms with van der Waals surface area (Å²) in [6.07, 6.45) is 0. The fourth-order valence-electron chi connectivity index (χ4n) is 2.83. The first-order valence-electron chi connectivity index (χ1n) is 8.66. The number of amides is 1. The van der Waals surface area contributed by atoms with Gasteiger partial charge < -0.3 is 5.32 Å². The van der Waals surface area contributed by atoms with E-state index in [1.54, 1.807) is 6.92 Å². The highest BCUT2D eigenvalue weighted by Crippen LogP contribution is 2.24. The van der Waals surface area contributed by atoms with E-state index in [-0.39, 0.29) is 17.0 Å². The van der Waals surface area contributed by atoms with Crippen molar-refractivity contribution < 1.29 is 9.18 Å². The second-order valence-corrected chi connectivity index (χ2v) is 6.66. The van der Waals surface area contributed by atoms with E-state index in [9.17, 15) is 9.18 Å². The molecule has 1 amide bonds. The molecule has 0 aliphatic heterocycles. The second-order valence-electron chi connectivity index (χ2n) is 6.26. The van der Waals surface area contributed by atoms with Gasteiger partial charge in [0.25, 0.3) is 0 Å². The van der Waals surface area contributed by atoms with Gasteiger partial charge in [-0.15, -0.1) is 0 Å².